The molecule has 0 amide bonds. The first kappa shape index (κ1) is 33.4. The molecule has 0 bridgehead atoms. The van der Waals surface area contributed by atoms with Crippen molar-refractivity contribution in [1.29, 1.82) is 0 Å². The van der Waals surface area contributed by atoms with Crippen molar-refractivity contribution in [3.8, 4) is 23.0 Å². The number of hydrogen-bond acceptors (Lipinski definition) is 5. The number of benzene rings is 2. The average Bonchev–Trinajstić information content (AvgIpc) is 2.92. The van der Waals surface area contributed by atoms with Gasteiger partial charge in [0, 0.05) is 16.6 Å². The number of allylic oxidation sites excluding steroid dienone is 7. The van der Waals surface area contributed by atoms with Crippen LogP contribution in [0, 0.1) is 0 Å². The fourth-order valence-electron chi connectivity index (χ4n) is 4.69. The van der Waals surface area contributed by atoms with Gasteiger partial charge < -0.3 is 18.9 Å². The number of thioether (sulfide) groups is 1. The van der Waals surface area contributed by atoms with Crippen LogP contribution in [-0.2, 0) is 0 Å². The lowest BCUT2D eigenvalue weighted by Gasteiger charge is -2.23. The molecule has 220 valence electrons. The zero-order valence-electron chi connectivity index (χ0n) is 26.4. The van der Waals surface area contributed by atoms with Gasteiger partial charge in [-0.05, 0) is 91.8 Å². The Kier molecular flexibility index (Phi) is 14.3. The Balaban J connectivity index is 2.34. The number of rotatable bonds is 16. The second-order valence-electron chi connectivity index (χ2n) is 10.7. The molecule has 0 N–H and O–H groups in total. The molecule has 0 saturated heterocycles. The van der Waals surface area contributed by atoms with Crippen LogP contribution < -0.4 is 18.9 Å². The third kappa shape index (κ3) is 9.69. The van der Waals surface area contributed by atoms with E-state index in [0.717, 1.165) is 77.2 Å². The topological polar surface area (TPSA) is 36.9 Å². The van der Waals surface area contributed by atoms with Crippen molar-refractivity contribution < 1.29 is 18.9 Å². The predicted molar refractivity (Wildman–Crippen MR) is 175 cm³/mol. The molecule has 40 heavy (non-hydrogen) atoms. The van der Waals surface area contributed by atoms with E-state index in [1.165, 1.54) is 22.3 Å². The van der Waals surface area contributed by atoms with Gasteiger partial charge in [-0.3, -0.25) is 0 Å². The summed E-state index contributed by atoms with van der Waals surface area (Å²) in [7, 11) is 6.78. The molecule has 2 aromatic carbocycles. The Morgan fingerprint density at radius 2 is 1.23 bits per heavy atom. The van der Waals surface area contributed by atoms with Crippen molar-refractivity contribution in [2.24, 2.45) is 0 Å². The lowest BCUT2D eigenvalue weighted by Crippen LogP contribution is -2.03. The normalized spacial score (nSPS) is 12.7. The zero-order chi connectivity index (χ0) is 29.7. The summed E-state index contributed by atoms with van der Waals surface area (Å²) in [6.45, 7) is 13.1. The van der Waals surface area contributed by atoms with Gasteiger partial charge in [-0.25, -0.2) is 0 Å². The van der Waals surface area contributed by atoms with Gasteiger partial charge in [-0.15, -0.1) is 11.8 Å². The second-order valence-corrected chi connectivity index (χ2v) is 12.0. The van der Waals surface area contributed by atoms with Crippen LogP contribution in [0.2, 0.25) is 0 Å². The zero-order valence-corrected chi connectivity index (χ0v) is 27.2. The smallest absolute Gasteiger partial charge is 0.135 e. The quantitative estimate of drug-likeness (QED) is 0.189. The van der Waals surface area contributed by atoms with Crippen LogP contribution >= 0.6 is 11.8 Å². The summed E-state index contributed by atoms with van der Waals surface area (Å²) in [5.41, 5.74) is 6.70. The number of fused-ring (bicyclic) bond motifs is 1. The minimum Gasteiger partial charge on any atom is -0.496 e. The summed E-state index contributed by atoms with van der Waals surface area (Å²) in [5, 5.41) is 1.91. The molecule has 2 aromatic rings. The first-order valence-electron chi connectivity index (χ1n) is 14.2. The monoisotopic (exact) mass is 566 g/mol. The van der Waals surface area contributed by atoms with E-state index in [2.05, 4.69) is 71.9 Å². The molecular formula is C35H50O4S. The average molecular weight is 567 g/mol. The van der Waals surface area contributed by atoms with Crippen LogP contribution in [0.1, 0.15) is 84.5 Å². The van der Waals surface area contributed by atoms with Crippen molar-refractivity contribution in [2.75, 3.05) is 34.2 Å². The standard InChI is InChI=1S/C35H50O4S/c1-24(2)13-11-14-26(5)15-12-16-27(6)21-22-40-32(20-17-25(3)4)28-23-31(38-9)33-29(36-7)18-19-30(37-8)34(33)35(28)39-10/h13,15,17-19,21,23,32H,11-12,14,16,20,22H2,1-10H3. The predicted octanol–water partition coefficient (Wildman–Crippen LogP) is 10.4. The van der Waals surface area contributed by atoms with E-state index >= 15 is 0 Å². The Labute approximate surface area is 247 Å². The molecule has 0 heterocycles. The van der Waals surface area contributed by atoms with E-state index in [1.54, 1.807) is 28.4 Å². The van der Waals surface area contributed by atoms with Gasteiger partial charge in [-0.2, -0.15) is 0 Å². The highest BCUT2D eigenvalue weighted by atomic mass is 32.2. The summed E-state index contributed by atoms with van der Waals surface area (Å²) >= 11 is 1.93. The number of hydrogen-bond donors (Lipinski definition) is 0. The van der Waals surface area contributed by atoms with E-state index < -0.39 is 0 Å². The summed E-state index contributed by atoms with van der Waals surface area (Å²) in [6.07, 6.45) is 14.7. The van der Waals surface area contributed by atoms with Gasteiger partial charge in [0.2, 0.25) is 0 Å². The minimum absolute atomic E-state index is 0.181. The molecular weight excluding hydrogens is 516 g/mol. The molecule has 0 aliphatic rings. The van der Waals surface area contributed by atoms with Gasteiger partial charge in [-0.1, -0.05) is 46.6 Å². The molecule has 4 nitrogen and oxygen atoms in total. The van der Waals surface area contributed by atoms with Gasteiger partial charge in [0.1, 0.15) is 23.0 Å². The molecule has 1 unspecified atom stereocenters. The maximum absolute atomic E-state index is 6.08. The minimum atomic E-state index is 0.181. The maximum atomic E-state index is 6.08. The molecule has 0 aromatic heterocycles. The molecule has 2 rings (SSSR count). The molecule has 0 saturated carbocycles. The fraction of sp³-hybridized carbons (Fsp3) is 0.486. The summed E-state index contributed by atoms with van der Waals surface area (Å²) in [4.78, 5) is 0. The van der Waals surface area contributed by atoms with Crippen molar-refractivity contribution in [1.82, 2.24) is 0 Å². The van der Waals surface area contributed by atoms with Gasteiger partial charge in [0.05, 0.1) is 39.2 Å². The highest BCUT2D eigenvalue weighted by Gasteiger charge is 2.25. The highest BCUT2D eigenvalue weighted by Crippen LogP contribution is 2.50. The van der Waals surface area contributed by atoms with Gasteiger partial charge in [0.15, 0.2) is 0 Å². The van der Waals surface area contributed by atoms with E-state index in [1.807, 2.05) is 23.9 Å². The van der Waals surface area contributed by atoms with E-state index in [9.17, 15) is 0 Å². The van der Waals surface area contributed by atoms with Crippen LogP contribution in [0.5, 0.6) is 23.0 Å². The molecule has 0 radical (unpaired) electrons. The SMILES string of the molecule is COc1ccc(OC)c2c(OC)c(C(CC=C(C)C)SCC=C(C)CCC=C(C)CCC=C(C)C)cc(OC)c12. The van der Waals surface area contributed by atoms with E-state index in [0.29, 0.717) is 0 Å². The Hall–Kier alpha value is -2.79. The van der Waals surface area contributed by atoms with Crippen LogP contribution in [-0.4, -0.2) is 34.2 Å². The second kappa shape index (κ2) is 17.1. The Morgan fingerprint density at radius 3 is 1.77 bits per heavy atom. The van der Waals surface area contributed by atoms with Crippen LogP contribution in [0.25, 0.3) is 10.8 Å². The van der Waals surface area contributed by atoms with Crippen molar-refractivity contribution >= 4 is 22.5 Å². The largest absolute Gasteiger partial charge is 0.496 e. The van der Waals surface area contributed by atoms with Crippen LogP contribution in [0.4, 0.5) is 0 Å². The highest BCUT2D eigenvalue weighted by molar-refractivity contribution is 7.99. The van der Waals surface area contributed by atoms with E-state index in [-0.39, 0.29) is 5.25 Å². The van der Waals surface area contributed by atoms with Gasteiger partial charge >= 0.3 is 0 Å². The summed E-state index contributed by atoms with van der Waals surface area (Å²) in [6, 6.07) is 5.94. The molecule has 1 atom stereocenters. The molecule has 0 fully saturated rings. The lowest BCUT2D eigenvalue weighted by molar-refractivity contribution is 0.389. The first-order valence-corrected chi connectivity index (χ1v) is 15.2. The lowest BCUT2D eigenvalue weighted by atomic mass is 9.98. The third-order valence-corrected chi connectivity index (χ3v) is 8.16. The number of ether oxygens (including phenoxy) is 4. The van der Waals surface area contributed by atoms with Crippen LogP contribution in [0.3, 0.4) is 0 Å². The molecule has 0 aliphatic carbocycles. The van der Waals surface area contributed by atoms with Crippen molar-refractivity contribution in [3.63, 3.8) is 0 Å². The van der Waals surface area contributed by atoms with Crippen molar-refractivity contribution in [2.45, 2.75) is 78.9 Å². The summed E-state index contributed by atoms with van der Waals surface area (Å²) < 4.78 is 23.4. The fourth-order valence-corrected chi connectivity index (χ4v) is 5.89. The summed E-state index contributed by atoms with van der Waals surface area (Å²) in [5.74, 6) is 3.95. The molecule has 0 aliphatic heterocycles. The maximum Gasteiger partial charge on any atom is 0.135 e. The van der Waals surface area contributed by atoms with Crippen LogP contribution in [0.15, 0.2) is 64.8 Å². The molecule has 0 spiro atoms. The first-order chi connectivity index (χ1) is 19.2. The molecule has 5 heteroatoms. The Bertz CT molecular complexity index is 1230. The Morgan fingerprint density at radius 1 is 0.675 bits per heavy atom. The van der Waals surface area contributed by atoms with E-state index in [4.69, 9.17) is 18.9 Å². The van der Waals surface area contributed by atoms with Gasteiger partial charge in [0.25, 0.3) is 0 Å². The third-order valence-electron chi connectivity index (χ3n) is 6.95. The number of methoxy groups -OCH3 is 4. The van der Waals surface area contributed by atoms with Crippen molar-refractivity contribution in [3.05, 3.63) is 70.4 Å².